The van der Waals surface area contributed by atoms with Gasteiger partial charge in [0.25, 0.3) is 0 Å². The highest BCUT2D eigenvalue weighted by Gasteiger charge is 2.47. The van der Waals surface area contributed by atoms with E-state index in [4.69, 9.17) is 5.73 Å². The normalized spacial score (nSPS) is 33.9. The van der Waals surface area contributed by atoms with Crippen molar-refractivity contribution in [2.24, 2.45) is 17.6 Å². The van der Waals surface area contributed by atoms with Gasteiger partial charge in [-0.2, -0.15) is 0 Å². The standard InChI is InChI=1S/C15H30N2/c1-4-12(3)9-15(5-2,11-16)17-10-13-6-7-14(17)8-13/h12-14H,4-11,16H2,1-3H3. The van der Waals surface area contributed by atoms with Crippen molar-refractivity contribution >= 4 is 0 Å². The molecule has 0 aromatic heterocycles. The van der Waals surface area contributed by atoms with E-state index in [0.29, 0.717) is 5.54 Å². The summed E-state index contributed by atoms with van der Waals surface area (Å²) >= 11 is 0. The molecule has 2 fully saturated rings. The minimum Gasteiger partial charge on any atom is -0.329 e. The Morgan fingerprint density at radius 2 is 2.12 bits per heavy atom. The van der Waals surface area contributed by atoms with Gasteiger partial charge in [0.15, 0.2) is 0 Å². The van der Waals surface area contributed by atoms with E-state index >= 15 is 0 Å². The maximum absolute atomic E-state index is 6.19. The molecule has 0 radical (unpaired) electrons. The van der Waals surface area contributed by atoms with Crippen molar-refractivity contribution in [3.63, 3.8) is 0 Å². The first-order valence-electron chi connectivity index (χ1n) is 7.62. The fraction of sp³-hybridized carbons (Fsp3) is 1.00. The molecule has 2 nitrogen and oxygen atoms in total. The van der Waals surface area contributed by atoms with Gasteiger partial charge in [-0.15, -0.1) is 0 Å². The SMILES string of the molecule is CCC(C)CC(CC)(CN)N1CC2CCC1C2. The summed E-state index contributed by atoms with van der Waals surface area (Å²) in [5.41, 5.74) is 6.49. The molecule has 2 aliphatic rings. The summed E-state index contributed by atoms with van der Waals surface area (Å²) in [7, 11) is 0. The van der Waals surface area contributed by atoms with Crippen LogP contribution < -0.4 is 5.73 Å². The summed E-state index contributed by atoms with van der Waals surface area (Å²) in [6.45, 7) is 9.19. The monoisotopic (exact) mass is 238 g/mol. The summed E-state index contributed by atoms with van der Waals surface area (Å²) in [5, 5.41) is 0. The van der Waals surface area contributed by atoms with Crippen molar-refractivity contribution in [1.29, 1.82) is 0 Å². The van der Waals surface area contributed by atoms with Crippen LogP contribution in [0.4, 0.5) is 0 Å². The Hall–Kier alpha value is -0.0800. The summed E-state index contributed by atoms with van der Waals surface area (Å²) in [4.78, 5) is 2.80. The van der Waals surface area contributed by atoms with Gasteiger partial charge in [-0.05, 0) is 43.9 Å². The smallest absolute Gasteiger partial charge is 0.0334 e. The number of hydrogen-bond donors (Lipinski definition) is 1. The van der Waals surface area contributed by atoms with E-state index in [-0.39, 0.29) is 0 Å². The van der Waals surface area contributed by atoms with E-state index < -0.39 is 0 Å². The Balaban J connectivity index is 2.10. The summed E-state index contributed by atoms with van der Waals surface area (Å²) in [5.74, 6) is 1.78. The van der Waals surface area contributed by atoms with Crippen LogP contribution in [0.5, 0.6) is 0 Å². The van der Waals surface area contributed by atoms with Crippen molar-refractivity contribution in [3.8, 4) is 0 Å². The first kappa shape index (κ1) is 13.4. The molecule has 0 aromatic carbocycles. The maximum atomic E-state index is 6.19. The molecule has 1 saturated heterocycles. The Kier molecular flexibility index (Phi) is 4.14. The first-order chi connectivity index (χ1) is 8.15. The first-order valence-corrected chi connectivity index (χ1v) is 7.62. The minimum atomic E-state index is 0.301. The lowest BCUT2D eigenvalue weighted by Gasteiger charge is -2.46. The fourth-order valence-electron chi connectivity index (χ4n) is 4.11. The lowest BCUT2D eigenvalue weighted by Crippen LogP contribution is -2.57. The number of hydrogen-bond acceptors (Lipinski definition) is 2. The molecule has 0 aromatic rings. The minimum absolute atomic E-state index is 0.301. The second-order valence-electron chi connectivity index (χ2n) is 6.48. The molecule has 2 rings (SSSR count). The zero-order valence-corrected chi connectivity index (χ0v) is 11.9. The second-order valence-corrected chi connectivity index (χ2v) is 6.48. The van der Waals surface area contributed by atoms with Crippen LogP contribution in [0.25, 0.3) is 0 Å². The highest BCUT2D eigenvalue weighted by Crippen LogP contribution is 2.44. The Morgan fingerprint density at radius 1 is 1.35 bits per heavy atom. The van der Waals surface area contributed by atoms with Crippen molar-refractivity contribution in [2.75, 3.05) is 13.1 Å². The third-order valence-corrected chi connectivity index (χ3v) is 5.48. The third-order valence-electron chi connectivity index (χ3n) is 5.48. The number of likely N-dealkylation sites (tertiary alicyclic amines) is 1. The predicted octanol–water partition coefficient (Wildman–Crippen LogP) is 3.01. The van der Waals surface area contributed by atoms with E-state index in [9.17, 15) is 0 Å². The quantitative estimate of drug-likeness (QED) is 0.771. The number of nitrogens with two attached hydrogens (primary N) is 1. The van der Waals surface area contributed by atoms with Crippen molar-refractivity contribution in [3.05, 3.63) is 0 Å². The van der Waals surface area contributed by atoms with Gasteiger partial charge in [-0.1, -0.05) is 27.2 Å². The fourth-order valence-corrected chi connectivity index (χ4v) is 4.11. The van der Waals surface area contributed by atoms with Crippen LogP contribution in [0, 0.1) is 11.8 Å². The van der Waals surface area contributed by atoms with Gasteiger partial charge in [-0.25, -0.2) is 0 Å². The molecule has 4 unspecified atom stereocenters. The average molecular weight is 238 g/mol. The molecular formula is C15H30N2. The lowest BCUT2D eigenvalue weighted by atomic mass is 9.82. The van der Waals surface area contributed by atoms with Crippen LogP contribution in [0.1, 0.15) is 59.3 Å². The zero-order valence-electron chi connectivity index (χ0n) is 11.9. The van der Waals surface area contributed by atoms with Gasteiger partial charge in [0, 0.05) is 24.7 Å². The molecule has 1 saturated carbocycles. The molecule has 1 aliphatic heterocycles. The summed E-state index contributed by atoms with van der Waals surface area (Å²) < 4.78 is 0. The topological polar surface area (TPSA) is 29.3 Å². The summed E-state index contributed by atoms with van der Waals surface area (Å²) in [6, 6.07) is 0.854. The van der Waals surface area contributed by atoms with Crippen LogP contribution in [0.2, 0.25) is 0 Å². The Morgan fingerprint density at radius 3 is 2.53 bits per heavy atom. The molecule has 0 amide bonds. The molecule has 0 spiro atoms. The van der Waals surface area contributed by atoms with E-state index in [2.05, 4.69) is 25.7 Å². The van der Waals surface area contributed by atoms with E-state index in [0.717, 1.165) is 24.4 Å². The van der Waals surface area contributed by atoms with Gasteiger partial charge in [0.1, 0.15) is 0 Å². The molecule has 1 aliphatic carbocycles. The molecule has 100 valence electrons. The van der Waals surface area contributed by atoms with Crippen LogP contribution in [-0.2, 0) is 0 Å². The Labute approximate surface area is 107 Å². The maximum Gasteiger partial charge on any atom is 0.0334 e. The van der Waals surface area contributed by atoms with Gasteiger partial charge < -0.3 is 5.73 Å². The number of piperidine rings is 1. The number of nitrogens with zero attached hydrogens (tertiary/aromatic N) is 1. The molecule has 4 atom stereocenters. The summed E-state index contributed by atoms with van der Waals surface area (Å²) in [6.07, 6.45) is 8.13. The third kappa shape index (κ3) is 2.39. The number of fused-ring (bicyclic) bond motifs is 2. The molecule has 2 N–H and O–H groups in total. The van der Waals surface area contributed by atoms with Crippen LogP contribution in [0.3, 0.4) is 0 Å². The highest BCUT2D eigenvalue weighted by molar-refractivity contribution is 5.02. The highest BCUT2D eigenvalue weighted by atomic mass is 15.3. The van der Waals surface area contributed by atoms with Crippen LogP contribution in [-0.4, -0.2) is 29.6 Å². The Bertz CT molecular complexity index is 247. The van der Waals surface area contributed by atoms with Gasteiger partial charge in [-0.3, -0.25) is 4.90 Å². The molecular weight excluding hydrogens is 208 g/mol. The van der Waals surface area contributed by atoms with Crippen molar-refractivity contribution in [2.45, 2.75) is 70.9 Å². The van der Waals surface area contributed by atoms with E-state index in [1.165, 1.54) is 45.1 Å². The van der Waals surface area contributed by atoms with Crippen LogP contribution in [0.15, 0.2) is 0 Å². The molecule has 17 heavy (non-hydrogen) atoms. The van der Waals surface area contributed by atoms with Crippen molar-refractivity contribution in [1.82, 2.24) is 4.90 Å². The van der Waals surface area contributed by atoms with Gasteiger partial charge in [0.05, 0.1) is 0 Å². The van der Waals surface area contributed by atoms with Gasteiger partial charge in [0.2, 0.25) is 0 Å². The van der Waals surface area contributed by atoms with Crippen molar-refractivity contribution < 1.29 is 0 Å². The van der Waals surface area contributed by atoms with Gasteiger partial charge >= 0.3 is 0 Å². The van der Waals surface area contributed by atoms with Crippen LogP contribution >= 0.6 is 0 Å². The number of rotatable bonds is 6. The van der Waals surface area contributed by atoms with E-state index in [1.807, 2.05) is 0 Å². The lowest BCUT2D eigenvalue weighted by molar-refractivity contribution is 0.0375. The predicted molar refractivity (Wildman–Crippen MR) is 74.0 cm³/mol. The molecule has 1 heterocycles. The molecule has 2 bridgehead atoms. The molecule has 2 heteroatoms. The average Bonchev–Trinajstić information content (AvgIpc) is 2.98. The second kappa shape index (κ2) is 5.27. The zero-order chi connectivity index (χ0) is 12.5. The largest absolute Gasteiger partial charge is 0.329 e. The van der Waals surface area contributed by atoms with E-state index in [1.54, 1.807) is 0 Å².